The number of unbranched alkanes of at least 4 members (excludes halogenated alkanes) is 2. The number of hydrogen-bond donors (Lipinski definition) is 0. The molecule has 1 unspecified atom stereocenters. The Morgan fingerprint density at radius 2 is 2.00 bits per heavy atom. The van der Waals surface area contributed by atoms with Gasteiger partial charge in [0.25, 0.3) is 0 Å². The fraction of sp³-hybridized carbons (Fsp3) is 0.500. The number of allylic oxidation sites excluding steroid dienone is 3. The van der Waals surface area contributed by atoms with Crippen molar-refractivity contribution in [2.45, 2.75) is 64.7 Å². The molecule has 0 aliphatic heterocycles. The van der Waals surface area contributed by atoms with Crippen LogP contribution in [0.4, 0.5) is 0 Å². The molecule has 0 N–H and O–H groups in total. The highest BCUT2D eigenvalue weighted by molar-refractivity contribution is 5.44. The zero-order chi connectivity index (χ0) is 14.6. The summed E-state index contributed by atoms with van der Waals surface area (Å²) >= 11 is 0. The number of benzene rings is 1. The van der Waals surface area contributed by atoms with Crippen LogP contribution in [0.2, 0.25) is 0 Å². The molecule has 1 aromatic rings. The first-order valence-electron chi connectivity index (χ1n) is 7.99. The normalized spacial score (nSPS) is 23.6. The van der Waals surface area contributed by atoms with Crippen LogP contribution in [0.25, 0.3) is 0 Å². The Kier molecular flexibility index (Phi) is 4.86. The van der Waals surface area contributed by atoms with Crippen molar-refractivity contribution in [2.24, 2.45) is 0 Å². The summed E-state index contributed by atoms with van der Waals surface area (Å²) in [5, 5.41) is 0. The first kappa shape index (κ1) is 15.1. The Balaban J connectivity index is 2.29. The van der Waals surface area contributed by atoms with Gasteiger partial charge >= 0.3 is 0 Å². The summed E-state index contributed by atoms with van der Waals surface area (Å²) in [6.45, 7) is 10.8. The second-order valence-electron chi connectivity index (χ2n) is 6.45. The second-order valence-corrected chi connectivity index (χ2v) is 6.45. The smallest absolute Gasteiger partial charge is 0.0201 e. The van der Waals surface area contributed by atoms with E-state index >= 15 is 0 Å². The van der Waals surface area contributed by atoms with Crippen LogP contribution >= 0.6 is 0 Å². The predicted octanol–water partition coefficient (Wildman–Crippen LogP) is 6.11. The molecule has 1 aliphatic rings. The van der Waals surface area contributed by atoms with Gasteiger partial charge in [-0.25, -0.2) is 0 Å². The summed E-state index contributed by atoms with van der Waals surface area (Å²) in [6, 6.07) is 9.14. The minimum atomic E-state index is 0.257. The van der Waals surface area contributed by atoms with E-state index in [1.165, 1.54) is 48.8 Å². The van der Waals surface area contributed by atoms with E-state index in [1.807, 2.05) is 0 Å². The molecule has 0 heteroatoms. The van der Waals surface area contributed by atoms with Crippen molar-refractivity contribution in [3.63, 3.8) is 0 Å². The molecule has 2 rings (SSSR count). The summed E-state index contributed by atoms with van der Waals surface area (Å²) in [5.74, 6) is 0. The molecule has 1 aliphatic carbocycles. The van der Waals surface area contributed by atoms with Gasteiger partial charge in [0.2, 0.25) is 0 Å². The van der Waals surface area contributed by atoms with Gasteiger partial charge in [-0.15, -0.1) is 6.58 Å². The van der Waals surface area contributed by atoms with Crippen molar-refractivity contribution in [2.75, 3.05) is 0 Å². The van der Waals surface area contributed by atoms with E-state index in [2.05, 4.69) is 57.7 Å². The van der Waals surface area contributed by atoms with Crippen LogP contribution in [0.3, 0.4) is 0 Å². The molecule has 0 amide bonds. The fourth-order valence-electron chi connectivity index (χ4n) is 3.37. The summed E-state index contributed by atoms with van der Waals surface area (Å²) in [6.07, 6.45) is 9.98. The topological polar surface area (TPSA) is 0 Å². The molecule has 0 saturated heterocycles. The zero-order valence-corrected chi connectivity index (χ0v) is 13.3. The van der Waals surface area contributed by atoms with Crippen molar-refractivity contribution < 1.29 is 0 Å². The van der Waals surface area contributed by atoms with Crippen molar-refractivity contribution in [1.29, 1.82) is 0 Å². The molecular weight excluding hydrogens is 240 g/mol. The molecular formula is C20H28. The quantitative estimate of drug-likeness (QED) is 0.431. The molecule has 1 aromatic carbocycles. The second kappa shape index (κ2) is 6.43. The van der Waals surface area contributed by atoms with Crippen LogP contribution in [0.1, 0.15) is 63.5 Å². The van der Waals surface area contributed by atoms with Crippen molar-refractivity contribution in [3.05, 3.63) is 59.2 Å². The third-order valence-corrected chi connectivity index (χ3v) is 4.59. The Hall–Kier alpha value is -1.30. The summed E-state index contributed by atoms with van der Waals surface area (Å²) in [7, 11) is 0. The average molecular weight is 268 g/mol. The third-order valence-electron chi connectivity index (χ3n) is 4.59. The Labute approximate surface area is 124 Å². The zero-order valence-electron chi connectivity index (χ0n) is 13.3. The summed E-state index contributed by atoms with van der Waals surface area (Å²) in [5.41, 5.74) is 6.03. The number of aryl methyl sites for hydroxylation is 1. The lowest BCUT2D eigenvalue weighted by Crippen LogP contribution is -2.37. The molecule has 1 saturated carbocycles. The molecule has 0 radical (unpaired) electrons. The average Bonchev–Trinajstić information content (AvgIpc) is 2.40. The van der Waals surface area contributed by atoms with Gasteiger partial charge in [0.1, 0.15) is 0 Å². The van der Waals surface area contributed by atoms with Crippen LogP contribution < -0.4 is 0 Å². The van der Waals surface area contributed by atoms with Crippen molar-refractivity contribution in [1.82, 2.24) is 0 Å². The first-order valence-corrected chi connectivity index (χ1v) is 7.99. The molecule has 0 nitrogen and oxygen atoms in total. The van der Waals surface area contributed by atoms with Gasteiger partial charge in [0.05, 0.1) is 0 Å². The van der Waals surface area contributed by atoms with Gasteiger partial charge < -0.3 is 0 Å². The molecule has 0 aromatic heterocycles. The molecule has 0 heterocycles. The standard InChI is InChI=1S/C20H28/c1-5-6-7-8-18-13-14-20(18,15-16(2)3)19-11-9-17(4)10-12-19/h8-12H,2,5-7,13-15H2,1,3-4H3/b18-8+. The van der Waals surface area contributed by atoms with Crippen LogP contribution in [0.15, 0.2) is 48.1 Å². The van der Waals surface area contributed by atoms with E-state index < -0.39 is 0 Å². The number of hydrogen-bond acceptors (Lipinski definition) is 0. The molecule has 1 atom stereocenters. The maximum atomic E-state index is 4.17. The minimum absolute atomic E-state index is 0.257. The number of rotatable bonds is 6. The SMILES string of the molecule is C=C(C)CC1(c2ccc(C)cc2)CC/C1=C\CCCC. The summed E-state index contributed by atoms with van der Waals surface area (Å²) in [4.78, 5) is 0. The van der Waals surface area contributed by atoms with Gasteiger partial charge in [-0.05, 0) is 45.1 Å². The molecule has 0 spiro atoms. The summed E-state index contributed by atoms with van der Waals surface area (Å²) < 4.78 is 0. The lowest BCUT2D eigenvalue weighted by Gasteiger charge is -2.46. The monoisotopic (exact) mass is 268 g/mol. The van der Waals surface area contributed by atoms with Crippen LogP contribution in [-0.4, -0.2) is 0 Å². The van der Waals surface area contributed by atoms with E-state index in [0.717, 1.165) is 6.42 Å². The fourth-order valence-corrected chi connectivity index (χ4v) is 3.37. The Morgan fingerprint density at radius 3 is 2.50 bits per heavy atom. The van der Waals surface area contributed by atoms with Crippen molar-refractivity contribution >= 4 is 0 Å². The Morgan fingerprint density at radius 1 is 1.30 bits per heavy atom. The van der Waals surface area contributed by atoms with Gasteiger partial charge in [-0.3, -0.25) is 0 Å². The maximum Gasteiger partial charge on any atom is 0.0201 e. The maximum absolute atomic E-state index is 4.17. The molecule has 108 valence electrons. The highest BCUT2D eigenvalue weighted by atomic mass is 14.5. The van der Waals surface area contributed by atoms with Gasteiger partial charge in [-0.2, -0.15) is 0 Å². The van der Waals surface area contributed by atoms with E-state index in [0.29, 0.717) is 0 Å². The first-order chi connectivity index (χ1) is 9.58. The molecule has 0 bridgehead atoms. The van der Waals surface area contributed by atoms with Gasteiger partial charge in [0.15, 0.2) is 0 Å². The highest BCUT2D eigenvalue weighted by Crippen LogP contribution is 2.52. The largest absolute Gasteiger partial charge is 0.100 e. The van der Waals surface area contributed by atoms with Gasteiger partial charge in [-0.1, -0.05) is 66.8 Å². The Bertz CT molecular complexity index is 489. The van der Waals surface area contributed by atoms with Crippen LogP contribution in [0.5, 0.6) is 0 Å². The van der Waals surface area contributed by atoms with E-state index in [4.69, 9.17) is 0 Å². The molecule has 20 heavy (non-hydrogen) atoms. The highest BCUT2D eigenvalue weighted by Gasteiger charge is 2.42. The van der Waals surface area contributed by atoms with Crippen molar-refractivity contribution in [3.8, 4) is 0 Å². The van der Waals surface area contributed by atoms with Crippen LogP contribution in [-0.2, 0) is 5.41 Å². The van der Waals surface area contributed by atoms with E-state index in [9.17, 15) is 0 Å². The van der Waals surface area contributed by atoms with Crippen LogP contribution in [0, 0.1) is 6.92 Å². The van der Waals surface area contributed by atoms with E-state index in [-0.39, 0.29) is 5.41 Å². The lowest BCUT2D eigenvalue weighted by molar-refractivity contribution is 0.353. The predicted molar refractivity (Wildman–Crippen MR) is 89.1 cm³/mol. The molecule has 1 fully saturated rings. The third kappa shape index (κ3) is 3.06. The van der Waals surface area contributed by atoms with Gasteiger partial charge in [0, 0.05) is 5.41 Å². The minimum Gasteiger partial charge on any atom is -0.100 e. The lowest BCUT2D eigenvalue weighted by atomic mass is 9.57. The van der Waals surface area contributed by atoms with E-state index in [1.54, 1.807) is 5.57 Å².